The Balaban J connectivity index is 2.02. The van der Waals surface area contributed by atoms with E-state index in [1.807, 2.05) is 0 Å². The average Bonchev–Trinajstić information content (AvgIpc) is 2.74. The molecule has 0 atom stereocenters. The third kappa shape index (κ3) is 2.94. The molecule has 1 aromatic rings. The van der Waals surface area contributed by atoms with Gasteiger partial charge in [-0.2, -0.15) is 0 Å². The zero-order valence-corrected chi connectivity index (χ0v) is 10.9. The minimum atomic E-state index is -0.544. The first-order valence-corrected chi connectivity index (χ1v) is 6.39. The summed E-state index contributed by atoms with van der Waals surface area (Å²) in [5, 5.41) is 0.303. The van der Waals surface area contributed by atoms with Crippen molar-refractivity contribution < 1.29 is 9.53 Å². The second kappa shape index (κ2) is 5.16. The van der Waals surface area contributed by atoms with Crippen molar-refractivity contribution >= 4 is 17.5 Å². The Morgan fingerprint density at radius 3 is 2.61 bits per heavy atom. The molecular weight excluding hydrogens is 252 g/mol. The van der Waals surface area contributed by atoms with Crippen LogP contribution in [0.3, 0.4) is 0 Å². The van der Waals surface area contributed by atoms with Crippen molar-refractivity contribution in [2.24, 2.45) is 11.5 Å². The number of ether oxygens (including phenoxy) is 1. The van der Waals surface area contributed by atoms with Gasteiger partial charge in [0.15, 0.2) is 0 Å². The number of hydrogen-bond donors (Lipinski definition) is 2. The molecule has 1 aromatic carbocycles. The minimum absolute atomic E-state index is 0.227. The molecule has 1 amide bonds. The van der Waals surface area contributed by atoms with Crippen LogP contribution in [0.25, 0.3) is 0 Å². The van der Waals surface area contributed by atoms with Crippen LogP contribution in [0.4, 0.5) is 0 Å². The van der Waals surface area contributed by atoms with Gasteiger partial charge >= 0.3 is 0 Å². The number of carbonyl (C=O) groups excluding carboxylic acids is 1. The molecule has 1 aliphatic carbocycles. The van der Waals surface area contributed by atoms with Gasteiger partial charge < -0.3 is 16.2 Å². The van der Waals surface area contributed by atoms with Crippen LogP contribution in [0.15, 0.2) is 18.2 Å². The minimum Gasteiger partial charge on any atom is -0.492 e. The molecule has 0 heterocycles. The van der Waals surface area contributed by atoms with E-state index in [1.54, 1.807) is 18.2 Å². The third-order valence-corrected chi connectivity index (χ3v) is 3.64. The number of benzene rings is 1. The van der Waals surface area contributed by atoms with Crippen LogP contribution in [-0.2, 0) is 0 Å². The molecule has 1 saturated carbocycles. The monoisotopic (exact) mass is 268 g/mol. The highest BCUT2D eigenvalue weighted by molar-refractivity contribution is 6.33. The number of amides is 1. The molecule has 0 aromatic heterocycles. The highest BCUT2D eigenvalue weighted by Crippen LogP contribution is 2.29. The summed E-state index contributed by atoms with van der Waals surface area (Å²) in [5.41, 5.74) is 11.4. The van der Waals surface area contributed by atoms with Crippen molar-refractivity contribution in [1.82, 2.24) is 0 Å². The molecule has 98 valence electrons. The second-order valence-electron chi connectivity index (χ2n) is 4.86. The molecule has 0 bridgehead atoms. The molecule has 4 nitrogen and oxygen atoms in total. The first-order valence-electron chi connectivity index (χ1n) is 6.01. The Morgan fingerprint density at radius 1 is 1.39 bits per heavy atom. The van der Waals surface area contributed by atoms with E-state index in [1.165, 1.54) is 0 Å². The molecule has 0 saturated heterocycles. The predicted molar refractivity (Wildman–Crippen MR) is 70.9 cm³/mol. The standard InChI is InChI=1S/C13H17ClN2O2/c14-11-7-9(3-4-10(11)12(15)17)18-8-13(16)5-1-2-6-13/h3-4,7H,1-2,5-6,8,16H2,(H2,15,17). The Bertz CT molecular complexity index is 456. The maximum atomic E-state index is 11.0. The fraction of sp³-hybridized carbons (Fsp3) is 0.462. The van der Waals surface area contributed by atoms with Crippen LogP contribution in [0.1, 0.15) is 36.0 Å². The van der Waals surface area contributed by atoms with Crippen LogP contribution < -0.4 is 16.2 Å². The van der Waals surface area contributed by atoms with E-state index in [-0.39, 0.29) is 5.54 Å². The van der Waals surface area contributed by atoms with E-state index in [2.05, 4.69) is 0 Å². The summed E-state index contributed by atoms with van der Waals surface area (Å²) in [6, 6.07) is 4.85. The molecule has 0 radical (unpaired) electrons. The molecule has 2 rings (SSSR count). The lowest BCUT2D eigenvalue weighted by Crippen LogP contribution is -2.42. The number of carbonyl (C=O) groups is 1. The molecule has 18 heavy (non-hydrogen) atoms. The summed E-state index contributed by atoms with van der Waals surface area (Å²) in [4.78, 5) is 11.0. The third-order valence-electron chi connectivity index (χ3n) is 3.33. The zero-order chi connectivity index (χ0) is 13.2. The Kier molecular flexibility index (Phi) is 3.78. The lowest BCUT2D eigenvalue weighted by molar-refractivity contribution is 0.100. The Hall–Kier alpha value is -1.26. The molecular formula is C13H17ClN2O2. The summed E-state index contributed by atoms with van der Waals surface area (Å²) < 4.78 is 5.65. The van der Waals surface area contributed by atoms with E-state index < -0.39 is 5.91 Å². The van der Waals surface area contributed by atoms with Crippen molar-refractivity contribution in [2.45, 2.75) is 31.2 Å². The number of nitrogens with two attached hydrogens (primary N) is 2. The van der Waals surface area contributed by atoms with Gasteiger partial charge in [0, 0.05) is 0 Å². The first kappa shape index (κ1) is 13.2. The molecule has 1 aliphatic rings. The summed E-state index contributed by atoms with van der Waals surface area (Å²) in [7, 11) is 0. The van der Waals surface area contributed by atoms with Crippen molar-refractivity contribution in [1.29, 1.82) is 0 Å². The summed E-state index contributed by atoms with van der Waals surface area (Å²) in [6.07, 6.45) is 4.28. The van der Waals surface area contributed by atoms with Crippen molar-refractivity contribution in [3.63, 3.8) is 0 Å². The van der Waals surface area contributed by atoms with E-state index in [0.29, 0.717) is 22.9 Å². The van der Waals surface area contributed by atoms with Gasteiger partial charge in [0.05, 0.1) is 16.1 Å². The number of primary amides is 1. The highest BCUT2D eigenvalue weighted by Gasteiger charge is 2.30. The molecule has 0 unspecified atom stereocenters. The maximum Gasteiger partial charge on any atom is 0.250 e. The van der Waals surface area contributed by atoms with Crippen LogP contribution in [-0.4, -0.2) is 18.1 Å². The molecule has 5 heteroatoms. The number of halogens is 1. The largest absolute Gasteiger partial charge is 0.492 e. The normalized spacial score (nSPS) is 17.7. The van der Waals surface area contributed by atoms with Gasteiger partial charge in [-0.05, 0) is 31.0 Å². The Labute approximate surface area is 111 Å². The SMILES string of the molecule is NC(=O)c1ccc(OCC2(N)CCCC2)cc1Cl. The van der Waals surface area contributed by atoms with Crippen molar-refractivity contribution in [3.05, 3.63) is 28.8 Å². The van der Waals surface area contributed by atoms with Crippen molar-refractivity contribution in [2.75, 3.05) is 6.61 Å². The average molecular weight is 269 g/mol. The molecule has 0 aliphatic heterocycles. The van der Waals surface area contributed by atoms with Crippen LogP contribution >= 0.6 is 11.6 Å². The molecule has 0 spiro atoms. The fourth-order valence-corrected chi connectivity index (χ4v) is 2.50. The van der Waals surface area contributed by atoms with Gasteiger partial charge in [-0.15, -0.1) is 0 Å². The topological polar surface area (TPSA) is 78.3 Å². The van der Waals surface area contributed by atoms with E-state index >= 15 is 0 Å². The Morgan fingerprint density at radius 2 is 2.06 bits per heavy atom. The van der Waals surface area contributed by atoms with Crippen molar-refractivity contribution in [3.8, 4) is 5.75 Å². The van der Waals surface area contributed by atoms with Crippen LogP contribution in [0.2, 0.25) is 5.02 Å². The van der Waals surface area contributed by atoms with Gasteiger partial charge in [0.1, 0.15) is 12.4 Å². The second-order valence-corrected chi connectivity index (χ2v) is 5.27. The van der Waals surface area contributed by atoms with Crippen LogP contribution in [0, 0.1) is 0 Å². The number of hydrogen-bond acceptors (Lipinski definition) is 3. The zero-order valence-electron chi connectivity index (χ0n) is 10.1. The van der Waals surface area contributed by atoms with Gasteiger partial charge in [-0.3, -0.25) is 4.79 Å². The quantitative estimate of drug-likeness (QED) is 0.878. The van der Waals surface area contributed by atoms with Crippen LogP contribution in [0.5, 0.6) is 5.75 Å². The number of rotatable bonds is 4. The van der Waals surface area contributed by atoms with E-state index in [4.69, 9.17) is 27.8 Å². The predicted octanol–water partition coefficient (Wildman–Crippen LogP) is 2.09. The fourth-order valence-electron chi connectivity index (χ4n) is 2.24. The van der Waals surface area contributed by atoms with Gasteiger partial charge in [0.2, 0.25) is 5.91 Å². The summed E-state index contributed by atoms with van der Waals surface area (Å²) in [5.74, 6) is 0.0689. The summed E-state index contributed by atoms with van der Waals surface area (Å²) in [6.45, 7) is 0.471. The van der Waals surface area contributed by atoms with Gasteiger partial charge in [-0.25, -0.2) is 0 Å². The van der Waals surface area contributed by atoms with E-state index in [0.717, 1.165) is 25.7 Å². The first-order chi connectivity index (χ1) is 8.50. The van der Waals surface area contributed by atoms with E-state index in [9.17, 15) is 4.79 Å². The molecule has 1 fully saturated rings. The smallest absolute Gasteiger partial charge is 0.250 e. The van der Waals surface area contributed by atoms with Gasteiger partial charge in [-0.1, -0.05) is 24.4 Å². The maximum absolute atomic E-state index is 11.0. The summed E-state index contributed by atoms with van der Waals surface area (Å²) >= 11 is 5.94. The molecule has 4 N–H and O–H groups in total. The van der Waals surface area contributed by atoms with Gasteiger partial charge in [0.25, 0.3) is 0 Å². The lowest BCUT2D eigenvalue weighted by atomic mass is 10.0. The highest BCUT2D eigenvalue weighted by atomic mass is 35.5. The lowest BCUT2D eigenvalue weighted by Gasteiger charge is -2.23.